The topological polar surface area (TPSA) is 38.7 Å². The minimum absolute atomic E-state index is 0.0864. The van der Waals surface area contributed by atoms with E-state index in [1.165, 1.54) is 83.5 Å². The van der Waals surface area contributed by atoms with Crippen LogP contribution in [0.25, 0.3) is 0 Å². The summed E-state index contributed by atoms with van der Waals surface area (Å²) in [5.74, 6) is 0. The van der Waals surface area contributed by atoms with Crippen LogP contribution >= 0.6 is 0 Å². The molecule has 0 aliphatic carbocycles. The minimum atomic E-state index is -0.318. The summed E-state index contributed by atoms with van der Waals surface area (Å²) in [4.78, 5) is 0. The lowest BCUT2D eigenvalue weighted by atomic mass is 10.0. The van der Waals surface area contributed by atoms with Crippen LogP contribution in [0.3, 0.4) is 0 Å². The Hall–Kier alpha value is -0.120. The lowest BCUT2D eigenvalue weighted by Crippen LogP contribution is -2.26. The molecule has 0 radical (unpaired) electrons. The first-order valence-corrected chi connectivity index (χ1v) is 10.7. The number of unbranched alkanes of at least 4 members (excludes halogenated alkanes) is 13. The highest BCUT2D eigenvalue weighted by atomic mass is 16.5. The first kappa shape index (κ1) is 21.9. The van der Waals surface area contributed by atoms with Crippen LogP contribution in [-0.2, 0) is 9.47 Å². The van der Waals surface area contributed by atoms with Gasteiger partial charge in [-0.2, -0.15) is 0 Å². The van der Waals surface area contributed by atoms with Crippen LogP contribution in [-0.4, -0.2) is 37.1 Å². The highest BCUT2D eigenvalue weighted by Crippen LogP contribution is 2.14. The smallest absolute Gasteiger partial charge is 0.107 e. The third-order valence-corrected chi connectivity index (χ3v) is 5.10. The molecule has 0 amide bonds. The van der Waals surface area contributed by atoms with Gasteiger partial charge in [-0.05, 0) is 12.8 Å². The molecule has 24 heavy (non-hydrogen) atoms. The van der Waals surface area contributed by atoms with Gasteiger partial charge in [-0.15, -0.1) is 0 Å². The standard InChI is InChI=1S/C21H42O3/c1-2-3-4-5-6-7-8-9-10-11-12-13-14-15-17-23-19-21-20(22)16-18-24-21/h20-22H,2-19H2,1H3/t20-,21-/m0/s1. The summed E-state index contributed by atoms with van der Waals surface area (Å²) < 4.78 is 11.0. The van der Waals surface area contributed by atoms with E-state index in [-0.39, 0.29) is 12.2 Å². The molecule has 0 aromatic rings. The number of aliphatic hydroxyl groups excluding tert-OH is 1. The van der Waals surface area contributed by atoms with Crippen LogP contribution in [0, 0.1) is 0 Å². The molecule has 1 aliphatic heterocycles. The first-order valence-electron chi connectivity index (χ1n) is 10.7. The first-order chi connectivity index (χ1) is 11.8. The van der Waals surface area contributed by atoms with Gasteiger partial charge in [-0.25, -0.2) is 0 Å². The summed E-state index contributed by atoms with van der Waals surface area (Å²) in [7, 11) is 0. The SMILES string of the molecule is CCCCCCCCCCCCCCCCOC[C@@H]1OCC[C@@H]1O. The Balaban J connectivity index is 1.67. The maximum absolute atomic E-state index is 9.61. The Morgan fingerprint density at radius 2 is 1.29 bits per heavy atom. The summed E-state index contributed by atoms with van der Waals surface area (Å²) >= 11 is 0. The van der Waals surface area contributed by atoms with E-state index in [2.05, 4.69) is 6.92 Å². The zero-order valence-electron chi connectivity index (χ0n) is 16.1. The normalized spacial score (nSPS) is 20.8. The maximum Gasteiger partial charge on any atom is 0.107 e. The molecule has 3 heteroatoms. The summed E-state index contributed by atoms with van der Waals surface area (Å²) in [6.07, 6.45) is 19.7. The van der Waals surface area contributed by atoms with E-state index < -0.39 is 0 Å². The molecule has 3 nitrogen and oxygen atoms in total. The van der Waals surface area contributed by atoms with Gasteiger partial charge < -0.3 is 14.6 Å². The monoisotopic (exact) mass is 342 g/mol. The van der Waals surface area contributed by atoms with Crippen LogP contribution < -0.4 is 0 Å². The summed E-state index contributed by atoms with van der Waals surface area (Å²) in [5, 5.41) is 9.61. The van der Waals surface area contributed by atoms with Crippen LogP contribution in [0.15, 0.2) is 0 Å². The van der Waals surface area contributed by atoms with E-state index >= 15 is 0 Å². The van der Waals surface area contributed by atoms with Crippen molar-refractivity contribution < 1.29 is 14.6 Å². The molecule has 0 aromatic carbocycles. The minimum Gasteiger partial charge on any atom is -0.390 e. The molecule has 144 valence electrons. The molecule has 2 atom stereocenters. The molecule has 1 N–H and O–H groups in total. The summed E-state index contributed by atoms with van der Waals surface area (Å²) in [6.45, 7) is 4.32. The van der Waals surface area contributed by atoms with Crippen molar-refractivity contribution in [3.63, 3.8) is 0 Å². The highest BCUT2D eigenvalue weighted by Gasteiger charge is 2.25. The van der Waals surface area contributed by atoms with Crippen molar-refractivity contribution in [2.75, 3.05) is 19.8 Å². The molecule has 1 aliphatic rings. The van der Waals surface area contributed by atoms with E-state index in [1.54, 1.807) is 0 Å². The van der Waals surface area contributed by atoms with Gasteiger partial charge in [0.05, 0.1) is 12.7 Å². The molecule has 0 saturated carbocycles. The van der Waals surface area contributed by atoms with E-state index in [1.807, 2.05) is 0 Å². The fourth-order valence-corrected chi connectivity index (χ4v) is 3.39. The van der Waals surface area contributed by atoms with Gasteiger partial charge in [0.1, 0.15) is 6.10 Å². The second-order valence-electron chi connectivity index (χ2n) is 7.44. The van der Waals surface area contributed by atoms with Gasteiger partial charge in [0, 0.05) is 13.2 Å². The molecule has 0 unspecified atom stereocenters. The Morgan fingerprint density at radius 3 is 1.75 bits per heavy atom. The average Bonchev–Trinajstić information content (AvgIpc) is 2.99. The third kappa shape index (κ3) is 12.3. The highest BCUT2D eigenvalue weighted by molar-refractivity contribution is 4.74. The fourth-order valence-electron chi connectivity index (χ4n) is 3.39. The second-order valence-corrected chi connectivity index (χ2v) is 7.44. The van der Waals surface area contributed by atoms with Gasteiger partial charge >= 0.3 is 0 Å². The second kappa shape index (κ2) is 16.4. The predicted octanol–water partition coefficient (Wildman–Crippen LogP) is 5.63. The van der Waals surface area contributed by atoms with Crippen molar-refractivity contribution in [3.8, 4) is 0 Å². The van der Waals surface area contributed by atoms with Crippen molar-refractivity contribution in [2.24, 2.45) is 0 Å². The van der Waals surface area contributed by atoms with E-state index in [4.69, 9.17) is 9.47 Å². The third-order valence-electron chi connectivity index (χ3n) is 5.10. The van der Waals surface area contributed by atoms with Crippen molar-refractivity contribution in [1.82, 2.24) is 0 Å². The largest absolute Gasteiger partial charge is 0.390 e. The van der Waals surface area contributed by atoms with Gasteiger partial charge in [0.25, 0.3) is 0 Å². The predicted molar refractivity (Wildman–Crippen MR) is 101 cm³/mol. The molecule has 0 spiro atoms. The van der Waals surface area contributed by atoms with Crippen LogP contribution in [0.4, 0.5) is 0 Å². The molecular weight excluding hydrogens is 300 g/mol. The zero-order valence-corrected chi connectivity index (χ0v) is 16.1. The van der Waals surface area contributed by atoms with Crippen molar-refractivity contribution in [2.45, 2.75) is 115 Å². The van der Waals surface area contributed by atoms with E-state index in [9.17, 15) is 5.11 Å². The number of ether oxygens (including phenoxy) is 2. The Kier molecular flexibility index (Phi) is 14.9. The van der Waals surface area contributed by atoms with Crippen molar-refractivity contribution in [3.05, 3.63) is 0 Å². The molecule has 0 aromatic heterocycles. The average molecular weight is 343 g/mol. The Morgan fingerprint density at radius 1 is 0.792 bits per heavy atom. The van der Waals surface area contributed by atoms with E-state index in [0.29, 0.717) is 13.2 Å². The molecule has 1 saturated heterocycles. The van der Waals surface area contributed by atoms with Gasteiger partial charge in [0.15, 0.2) is 0 Å². The summed E-state index contributed by atoms with van der Waals surface area (Å²) in [5.41, 5.74) is 0. The molecule has 1 rings (SSSR count). The maximum atomic E-state index is 9.61. The van der Waals surface area contributed by atoms with Crippen LogP contribution in [0.5, 0.6) is 0 Å². The Labute approximate surface area is 150 Å². The van der Waals surface area contributed by atoms with Crippen LogP contribution in [0.2, 0.25) is 0 Å². The zero-order chi connectivity index (χ0) is 17.3. The van der Waals surface area contributed by atoms with Gasteiger partial charge in [0.2, 0.25) is 0 Å². The quantitative estimate of drug-likeness (QED) is 0.348. The summed E-state index contributed by atoms with van der Waals surface area (Å²) in [6, 6.07) is 0. The lowest BCUT2D eigenvalue weighted by molar-refractivity contribution is -0.0246. The van der Waals surface area contributed by atoms with Gasteiger partial charge in [-0.1, -0.05) is 90.4 Å². The molecule has 1 fully saturated rings. The number of hydrogen-bond donors (Lipinski definition) is 1. The Bertz CT molecular complexity index is 257. The van der Waals surface area contributed by atoms with E-state index in [0.717, 1.165) is 19.4 Å². The van der Waals surface area contributed by atoms with Crippen molar-refractivity contribution in [1.29, 1.82) is 0 Å². The number of aliphatic hydroxyl groups is 1. The molecule has 0 bridgehead atoms. The molecular formula is C21H42O3. The number of hydrogen-bond acceptors (Lipinski definition) is 3. The number of rotatable bonds is 17. The fraction of sp³-hybridized carbons (Fsp3) is 1.00. The lowest BCUT2D eigenvalue weighted by Gasteiger charge is -2.13. The van der Waals surface area contributed by atoms with Crippen LogP contribution in [0.1, 0.15) is 103 Å². The van der Waals surface area contributed by atoms with Gasteiger partial charge in [-0.3, -0.25) is 0 Å². The molecule has 1 heterocycles. The van der Waals surface area contributed by atoms with Crippen molar-refractivity contribution >= 4 is 0 Å².